The summed E-state index contributed by atoms with van der Waals surface area (Å²) in [5.41, 5.74) is 0.639. The number of halogens is 1. The zero-order chi connectivity index (χ0) is 11.4. The molecule has 5 heteroatoms. The lowest BCUT2D eigenvalue weighted by molar-refractivity contribution is 0.0686. The number of amides is 1. The summed E-state index contributed by atoms with van der Waals surface area (Å²) in [6, 6.07) is 0.152. The van der Waals surface area contributed by atoms with Crippen LogP contribution in [0.1, 0.15) is 30.1 Å². The second-order valence-corrected chi connectivity index (χ2v) is 4.34. The molecule has 0 aliphatic heterocycles. The number of aromatic nitrogens is 1. The van der Waals surface area contributed by atoms with E-state index in [1.54, 1.807) is 11.8 Å². The summed E-state index contributed by atoms with van der Waals surface area (Å²) in [7, 11) is 0. The summed E-state index contributed by atoms with van der Waals surface area (Å²) < 4.78 is 5.09. The highest BCUT2D eigenvalue weighted by Crippen LogP contribution is 2.11. The van der Waals surface area contributed by atoms with Crippen molar-refractivity contribution in [2.24, 2.45) is 0 Å². The van der Waals surface area contributed by atoms with E-state index in [2.05, 4.69) is 20.9 Å². The molecule has 0 saturated heterocycles. The zero-order valence-electron chi connectivity index (χ0n) is 9.16. The molecule has 0 fully saturated rings. The summed E-state index contributed by atoms with van der Waals surface area (Å²) in [5.74, 6) is 0.240. The summed E-state index contributed by atoms with van der Waals surface area (Å²) >= 11 is 3.33. The maximum Gasteiger partial charge on any atom is 0.291 e. The van der Waals surface area contributed by atoms with Crippen molar-refractivity contribution >= 4 is 21.8 Å². The maximum absolute atomic E-state index is 12.0. The fourth-order valence-electron chi connectivity index (χ4n) is 1.32. The normalized spacial score (nSPS) is 10.7. The van der Waals surface area contributed by atoms with Gasteiger partial charge in [0.2, 0.25) is 5.76 Å². The lowest BCUT2D eigenvalue weighted by atomic mass is 10.2. The van der Waals surface area contributed by atoms with Crippen LogP contribution in [0.2, 0.25) is 0 Å². The Morgan fingerprint density at radius 2 is 2.33 bits per heavy atom. The number of alkyl halides is 1. The van der Waals surface area contributed by atoms with Gasteiger partial charge in [-0.15, -0.1) is 0 Å². The van der Waals surface area contributed by atoms with Crippen LogP contribution < -0.4 is 0 Å². The molecule has 0 radical (unpaired) electrons. The minimum absolute atomic E-state index is 0.0977. The number of carbonyl (C=O) groups is 1. The number of carbonyl (C=O) groups excluding carboxylic acids is 1. The molecule has 0 atom stereocenters. The highest BCUT2D eigenvalue weighted by atomic mass is 79.9. The van der Waals surface area contributed by atoms with E-state index in [0.717, 1.165) is 5.33 Å². The van der Waals surface area contributed by atoms with Gasteiger partial charge in [-0.2, -0.15) is 0 Å². The molecule has 1 aromatic rings. The van der Waals surface area contributed by atoms with Crippen LogP contribution in [0, 0.1) is 6.92 Å². The van der Waals surface area contributed by atoms with Crippen molar-refractivity contribution in [1.82, 2.24) is 9.88 Å². The van der Waals surface area contributed by atoms with Gasteiger partial charge in [-0.3, -0.25) is 4.79 Å². The molecule has 0 bridgehead atoms. The predicted molar refractivity (Wildman–Crippen MR) is 61.2 cm³/mol. The number of hydrogen-bond donors (Lipinski definition) is 0. The Labute approximate surface area is 97.8 Å². The standard InChI is InChI=1S/C10H15BrN2O2/c1-7(2)13(5-4-11)10(14)9-8(3)12-6-15-9/h6-7H,4-5H2,1-3H3. The van der Waals surface area contributed by atoms with Crippen LogP contribution in [-0.4, -0.2) is 33.7 Å². The van der Waals surface area contributed by atoms with Gasteiger partial charge in [0.05, 0.1) is 5.69 Å². The first-order valence-corrected chi connectivity index (χ1v) is 5.97. The second kappa shape index (κ2) is 5.30. The van der Waals surface area contributed by atoms with Crippen LogP contribution in [0.3, 0.4) is 0 Å². The van der Waals surface area contributed by atoms with Gasteiger partial charge in [-0.1, -0.05) is 15.9 Å². The average Bonchev–Trinajstić information content (AvgIpc) is 2.59. The maximum atomic E-state index is 12.0. The topological polar surface area (TPSA) is 46.3 Å². The molecule has 0 aromatic carbocycles. The Bertz CT molecular complexity index is 336. The molecule has 1 rings (SSSR count). The van der Waals surface area contributed by atoms with Crippen molar-refractivity contribution in [3.05, 3.63) is 17.8 Å². The van der Waals surface area contributed by atoms with E-state index in [1.807, 2.05) is 13.8 Å². The van der Waals surface area contributed by atoms with Gasteiger partial charge in [-0.25, -0.2) is 4.98 Å². The highest BCUT2D eigenvalue weighted by molar-refractivity contribution is 9.09. The minimum Gasteiger partial charge on any atom is -0.438 e. The van der Waals surface area contributed by atoms with Gasteiger partial charge in [-0.05, 0) is 20.8 Å². The molecule has 0 N–H and O–H groups in total. The molecule has 0 saturated carbocycles. The number of oxazole rings is 1. The van der Waals surface area contributed by atoms with Gasteiger partial charge in [0, 0.05) is 17.9 Å². The molecule has 0 unspecified atom stereocenters. The Kier molecular flexibility index (Phi) is 4.32. The monoisotopic (exact) mass is 274 g/mol. The van der Waals surface area contributed by atoms with Gasteiger partial charge < -0.3 is 9.32 Å². The molecule has 0 spiro atoms. The summed E-state index contributed by atoms with van der Waals surface area (Å²) in [6.07, 6.45) is 1.30. The van der Waals surface area contributed by atoms with Crippen LogP contribution >= 0.6 is 15.9 Å². The molecule has 4 nitrogen and oxygen atoms in total. The van der Waals surface area contributed by atoms with E-state index in [1.165, 1.54) is 6.39 Å². The van der Waals surface area contributed by atoms with Crippen LogP contribution in [0.4, 0.5) is 0 Å². The van der Waals surface area contributed by atoms with Crippen molar-refractivity contribution in [2.75, 3.05) is 11.9 Å². The van der Waals surface area contributed by atoms with E-state index in [0.29, 0.717) is 18.0 Å². The quantitative estimate of drug-likeness (QED) is 0.791. The molecule has 0 aliphatic rings. The van der Waals surface area contributed by atoms with Gasteiger partial charge in [0.25, 0.3) is 5.91 Å². The first kappa shape index (κ1) is 12.2. The molecule has 1 heterocycles. The Balaban J connectivity index is 2.86. The molecule has 15 heavy (non-hydrogen) atoms. The van der Waals surface area contributed by atoms with E-state index in [-0.39, 0.29) is 11.9 Å². The molecule has 84 valence electrons. The first-order valence-electron chi connectivity index (χ1n) is 4.85. The number of nitrogens with zero attached hydrogens (tertiary/aromatic N) is 2. The highest BCUT2D eigenvalue weighted by Gasteiger charge is 2.22. The summed E-state index contributed by atoms with van der Waals surface area (Å²) in [5, 5.41) is 0.754. The van der Waals surface area contributed by atoms with Crippen molar-refractivity contribution in [2.45, 2.75) is 26.8 Å². The summed E-state index contributed by atoms with van der Waals surface area (Å²) in [4.78, 5) is 17.7. The number of rotatable bonds is 4. The minimum atomic E-state index is -0.0977. The fourth-order valence-corrected chi connectivity index (χ4v) is 1.70. The summed E-state index contributed by atoms with van der Waals surface area (Å²) in [6.45, 7) is 6.39. The SMILES string of the molecule is Cc1ncoc1C(=O)N(CCBr)C(C)C. The average molecular weight is 275 g/mol. The van der Waals surface area contributed by atoms with Crippen LogP contribution in [-0.2, 0) is 0 Å². The smallest absolute Gasteiger partial charge is 0.291 e. The number of aryl methyl sites for hydroxylation is 1. The molecule has 0 aliphatic carbocycles. The largest absolute Gasteiger partial charge is 0.438 e. The molecule has 1 aromatic heterocycles. The van der Waals surface area contributed by atoms with Crippen LogP contribution in [0.25, 0.3) is 0 Å². The Morgan fingerprint density at radius 1 is 1.67 bits per heavy atom. The number of hydrogen-bond acceptors (Lipinski definition) is 3. The van der Waals surface area contributed by atoms with Crippen LogP contribution in [0.15, 0.2) is 10.8 Å². The Morgan fingerprint density at radius 3 is 2.73 bits per heavy atom. The van der Waals surface area contributed by atoms with Crippen molar-refractivity contribution in [1.29, 1.82) is 0 Å². The molecular formula is C10H15BrN2O2. The van der Waals surface area contributed by atoms with E-state index < -0.39 is 0 Å². The zero-order valence-corrected chi connectivity index (χ0v) is 10.7. The van der Waals surface area contributed by atoms with Gasteiger partial charge in [0.1, 0.15) is 0 Å². The van der Waals surface area contributed by atoms with Crippen molar-refractivity contribution < 1.29 is 9.21 Å². The van der Waals surface area contributed by atoms with Crippen LogP contribution in [0.5, 0.6) is 0 Å². The third kappa shape index (κ3) is 2.81. The lowest BCUT2D eigenvalue weighted by Crippen LogP contribution is -2.38. The van der Waals surface area contributed by atoms with E-state index in [4.69, 9.17) is 4.42 Å². The Hall–Kier alpha value is -0.840. The predicted octanol–water partition coefficient (Wildman–Crippen LogP) is 2.23. The lowest BCUT2D eigenvalue weighted by Gasteiger charge is -2.24. The second-order valence-electron chi connectivity index (χ2n) is 3.55. The fraction of sp³-hybridized carbons (Fsp3) is 0.600. The van der Waals surface area contributed by atoms with Gasteiger partial charge in [0.15, 0.2) is 6.39 Å². The third-order valence-electron chi connectivity index (χ3n) is 2.15. The first-order chi connectivity index (χ1) is 7.07. The van der Waals surface area contributed by atoms with E-state index >= 15 is 0 Å². The van der Waals surface area contributed by atoms with E-state index in [9.17, 15) is 4.79 Å². The molecular weight excluding hydrogens is 260 g/mol. The molecule has 1 amide bonds. The third-order valence-corrected chi connectivity index (χ3v) is 2.50. The van der Waals surface area contributed by atoms with Gasteiger partial charge >= 0.3 is 0 Å². The van der Waals surface area contributed by atoms with Crippen molar-refractivity contribution in [3.8, 4) is 0 Å². The van der Waals surface area contributed by atoms with Crippen molar-refractivity contribution in [3.63, 3.8) is 0 Å².